The van der Waals surface area contributed by atoms with E-state index in [1.807, 2.05) is 7.05 Å². The molecule has 1 aliphatic carbocycles. The highest BCUT2D eigenvalue weighted by Gasteiger charge is 2.46. The molecule has 1 aliphatic heterocycles. The van der Waals surface area contributed by atoms with Crippen molar-refractivity contribution >= 4 is 10.2 Å². The van der Waals surface area contributed by atoms with E-state index in [4.69, 9.17) is 0 Å². The summed E-state index contributed by atoms with van der Waals surface area (Å²) in [7, 11) is -2.17. The Labute approximate surface area is 123 Å². The Morgan fingerprint density at radius 1 is 1.19 bits per heavy atom. The van der Waals surface area contributed by atoms with Gasteiger partial charge in [-0.2, -0.15) is 30.2 Å². The first-order valence-electron chi connectivity index (χ1n) is 7.22. The smallest absolute Gasteiger partial charge is 0.319 e. The molecule has 0 amide bonds. The van der Waals surface area contributed by atoms with E-state index in [9.17, 15) is 21.6 Å². The second kappa shape index (κ2) is 6.39. The molecule has 0 aromatic heterocycles. The number of piperidine rings is 1. The SMILES string of the molecule is CNCC1CCN(S(=O)(=O)N(CC(F)(F)F)C2CC2)CC1. The third-order valence-corrected chi connectivity index (χ3v) is 6.02. The average Bonchev–Trinajstić information content (AvgIpc) is 3.20. The van der Waals surface area contributed by atoms with Crippen LogP contribution in [0.5, 0.6) is 0 Å². The lowest BCUT2D eigenvalue weighted by molar-refractivity contribution is -0.137. The van der Waals surface area contributed by atoms with Gasteiger partial charge in [0.15, 0.2) is 0 Å². The molecule has 0 aromatic carbocycles. The summed E-state index contributed by atoms with van der Waals surface area (Å²) in [5.41, 5.74) is 0. The quantitative estimate of drug-likeness (QED) is 0.796. The van der Waals surface area contributed by atoms with E-state index in [2.05, 4.69) is 5.32 Å². The van der Waals surface area contributed by atoms with Gasteiger partial charge < -0.3 is 5.32 Å². The van der Waals surface area contributed by atoms with E-state index in [0.717, 1.165) is 6.54 Å². The Kier molecular flexibility index (Phi) is 5.17. The highest BCUT2D eigenvalue weighted by molar-refractivity contribution is 7.86. The summed E-state index contributed by atoms with van der Waals surface area (Å²) in [6, 6.07) is -0.480. The van der Waals surface area contributed by atoms with Crippen LogP contribution in [-0.2, 0) is 10.2 Å². The molecule has 0 bridgehead atoms. The van der Waals surface area contributed by atoms with Crippen molar-refractivity contribution in [2.45, 2.75) is 37.9 Å². The third-order valence-electron chi connectivity index (χ3n) is 3.98. The fourth-order valence-corrected chi connectivity index (χ4v) is 4.59. The minimum absolute atomic E-state index is 0.301. The molecule has 1 saturated heterocycles. The number of hydrogen-bond acceptors (Lipinski definition) is 3. The molecule has 124 valence electrons. The topological polar surface area (TPSA) is 52.7 Å². The number of hydrogen-bond donors (Lipinski definition) is 1. The molecule has 0 spiro atoms. The van der Waals surface area contributed by atoms with E-state index in [-0.39, 0.29) is 0 Å². The van der Waals surface area contributed by atoms with Crippen molar-refractivity contribution in [1.29, 1.82) is 0 Å². The maximum Gasteiger partial charge on any atom is 0.402 e. The zero-order chi connectivity index (χ0) is 15.7. The van der Waals surface area contributed by atoms with Crippen molar-refractivity contribution in [3.63, 3.8) is 0 Å². The summed E-state index contributed by atoms with van der Waals surface area (Å²) in [5.74, 6) is 0.387. The zero-order valence-electron chi connectivity index (χ0n) is 12.1. The summed E-state index contributed by atoms with van der Waals surface area (Å²) < 4.78 is 64.6. The second-order valence-electron chi connectivity index (χ2n) is 5.80. The van der Waals surface area contributed by atoms with Crippen LogP contribution in [0, 0.1) is 5.92 Å². The van der Waals surface area contributed by atoms with Gasteiger partial charge >= 0.3 is 6.18 Å². The van der Waals surface area contributed by atoms with Gasteiger partial charge in [0.1, 0.15) is 6.54 Å². The molecule has 1 heterocycles. The second-order valence-corrected chi connectivity index (χ2v) is 7.68. The Hall–Kier alpha value is -0.380. The maximum absolute atomic E-state index is 12.6. The van der Waals surface area contributed by atoms with Crippen LogP contribution < -0.4 is 5.32 Å². The first-order valence-corrected chi connectivity index (χ1v) is 8.62. The molecule has 0 unspecified atom stereocenters. The van der Waals surface area contributed by atoms with Gasteiger partial charge in [-0.05, 0) is 45.2 Å². The van der Waals surface area contributed by atoms with Gasteiger partial charge in [0.2, 0.25) is 0 Å². The summed E-state index contributed by atoms with van der Waals surface area (Å²) >= 11 is 0. The average molecular weight is 329 g/mol. The maximum atomic E-state index is 12.6. The largest absolute Gasteiger partial charge is 0.402 e. The summed E-state index contributed by atoms with van der Waals surface area (Å²) in [6.07, 6.45) is -2.09. The van der Waals surface area contributed by atoms with Crippen molar-refractivity contribution < 1.29 is 21.6 Å². The van der Waals surface area contributed by atoms with Crippen LogP contribution in [-0.4, -0.2) is 62.5 Å². The highest BCUT2D eigenvalue weighted by Crippen LogP contribution is 2.34. The van der Waals surface area contributed by atoms with Gasteiger partial charge in [0.05, 0.1) is 0 Å². The van der Waals surface area contributed by atoms with Crippen LogP contribution >= 0.6 is 0 Å². The van der Waals surface area contributed by atoms with Crippen LogP contribution in [0.15, 0.2) is 0 Å². The van der Waals surface area contributed by atoms with E-state index in [1.165, 1.54) is 4.31 Å². The van der Waals surface area contributed by atoms with Crippen molar-refractivity contribution in [1.82, 2.24) is 13.9 Å². The lowest BCUT2D eigenvalue weighted by atomic mass is 9.98. The van der Waals surface area contributed by atoms with Gasteiger partial charge in [-0.1, -0.05) is 0 Å². The van der Waals surface area contributed by atoms with Crippen molar-refractivity contribution in [2.24, 2.45) is 5.92 Å². The zero-order valence-corrected chi connectivity index (χ0v) is 12.9. The van der Waals surface area contributed by atoms with Crippen molar-refractivity contribution in [3.8, 4) is 0 Å². The minimum atomic E-state index is -4.50. The Balaban J connectivity index is 2.02. The number of nitrogens with one attached hydrogen (secondary N) is 1. The van der Waals surface area contributed by atoms with Crippen molar-refractivity contribution in [2.75, 3.05) is 33.2 Å². The number of rotatable bonds is 6. The molecule has 2 fully saturated rings. The van der Waals surface area contributed by atoms with Gasteiger partial charge in [-0.3, -0.25) is 0 Å². The molecular formula is C12H22F3N3O2S. The molecule has 2 rings (SSSR count). The van der Waals surface area contributed by atoms with Gasteiger partial charge in [0.25, 0.3) is 10.2 Å². The molecule has 1 N–H and O–H groups in total. The van der Waals surface area contributed by atoms with Crippen LogP contribution in [0.25, 0.3) is 0 Å². The lowest BCUT2D eigenvalue weighted by Gasteiger charge is -2.35. The predicted octanol–water partition coefficient (Wildman–Crippen LogP) is 1.19. The van der Waals surface area contributed by atoms with E-state index in [0.29, 0.717) is 49.0 Å². The Morgan fingerprint density at radius 2 is 1.76 bits per heavy atom. The van der Waals surface area contributed by atoms with Crippen LogP contribution in [0.4, 0.5) is 13.2 Å². The van der Waals surface area contributed by atoms with E-state index < -0.39 is 29.0 Å². The number of nitrogens with zero attached hydrogens (tertiary/aromatic N) is 2. The van der Waals surface area contributed by atoms with E-state index >= 15 is 0 Å². The molecule has 0 radical (unpaired) electrons. The molecule has 0 atom stereocenters. The van der Waals surface area contributed by atoms with Crippen LogP contribution in [0.3, 0.4) is 0 Å². The van der Waals surface area contributed by atoms with Gasteiger partial charge in [-0.15, -0.1) is 0 Å². The van der Waals surface area contributed by atoms with Crippen molar-refractivity contribution in [3.05, 3.63) is 0 Å². The third kappa shape index (κ3) is 4.54. The van der Waals surface area contributed by atoms with Crippen LogP contribution in [0.2, 0.25) is 0 Å². The molecule has 5 nitrogen and oxygen atoms in total. The molecule has 2 aliphatic rings. The lowest BCUT2D eigenvalue weighted by Crippen LogP contribution is -2.51. The summed E-state index contributed by atoms with van der Waals surface area (Å²) in [5, 5.41) is 3.05. The molecular weight excluding hydrogens is 307 g/mol. The monoisotopic (exact) mass is 329 g/mol. The normalized spacial score (nSPS) is 22.9. The van der Waals surface area contributed by atoms with E-state index in [1.54, 1.807) is 0 Å². The number of halogens is 3. The number of alkyl halides is 3. The first kappa shape index (κ1) is 17.0. The van der Waals surface area contributed by atoms with Crippen LogP contribution in [0.1, 0.15) is 25.7 Å². The predicted molar refractivity (Wildman–Crippen MR) is 72.9 cm³/mol. The Morgan fingerprint density at radius 3 is 2.19 bits per heavy atom. The standard InChI is InChI=1S/C12H22F3N3O2S/c1-16-8-10-4-6-17(7-5-10)21(19,20)18(11-2-3-11)9-12(13,14)15/h10-11,16H,2-9H2,1H3. The van der Waals surface area contributed by atoms with Gasteiger partial charge in [-0.25, -0.2) is 0 Å². The molecule has 0 aromatic rings. The summed E-state index contributed by atoms with van der Waals surface area (Å²) in [6.45, 7) is 0.0325. The van der Waals surface area contributed by atoms with Gasteiger partial charge in [0, 0.05) is 19.1 Å². The first-order chi connectivity index (χ1) is 9.74. The fraction of sp³-hybridized carbons (Fsp3) is 1.00. The summed E-state index contributed by atoms with van der Waals surface area (Å²) in [4.78, 5) is 0. The molecule has 9 heteroatoms. The fourth-order valence-electron chi connectivity index (χ4n) is 2.72. The Bertz CT molecular complexity index is 443. The molecule has 1 saturated carbocycles. The molecule has 21 heavy (non-hydrogen) atoms. The minimum Gasteiger partial charge on any atom is -0.319 e. The highest BCUT2D eigenvalue weighted by atomic mass is 32.2.